The van der Waals surface area contributed by atoms with Gasteiger partial charge in [-0.1, -0.05) is 48.0 Å². The molecular formula is C24H28N4O4S2. The highest BCUT2D eigenvalue weighted by atomic mass is 32.2. The summed E-state index contributed by atoms with van der Waals surface area (Å²) >= 11 is 1.59. The summed E-state index contributed by atoms with van der Waals surface area (Å²) in [5.41, 5.74) is 7.49. The smallest absolute Gasteiger partial charge is 0.243 e. The number of carbonyl (C=O) groups excluding carboxylic acids is 2. The van der Waals surface area contributed by atoms with Crippen molar-refractivity contribution < 1.29 is 18.0 Å². The maximum Gasteiger partial charge on any atom is 0.243 e. The highest BCUT2D eigenvalue weighted by Crippen LogP contribution is 2.27. The molecule has 2 heterocycles. The van der Waals surface area contributed by atoms with E-state index >= 15 is 0 Å². The van der Waals surface area contributed by atoms with Crippen molar-refractivity contribution in [1.29, 1.82) is 0 Å². The molecule has 34 heavy (non-hydrogen) atoms. The van der Waals surface area contributed by atoms with Gasteiger partial charge in [-0.2, -0.15) is 4.31 Å². The first kappa shape index (κ1) is 24.3. The third-order valence-corrected chi connectivity index (χ3v) is 8.81. The molecule has 0 aliphatic carbocycles. The molecule has 2 aromatic rings. The van der Waals surface area contributed by atoms with Crippen LogP contribution >= 0.6 is 11.8 Å². The number of hydrogen-bond acceptors (Lipinski definition) is 6. The van der Waals surface area contributed by atoms with Crippen LogP contribution in [0.15, 0.2) is 71.1 Å². The third kappa shape index (κ3) is 5.13. The van der Waals surface area contributed by atoms with Crippen LogP contribution in [-0.2, 0) is 26.0 Å². The Bertz CT molecular complexity index is 1170. The lowest BCUT2D eigenvalue weighted by Gasteiger charge is -2.43. The minimum atomic E-state index is -3.93. The zero-order valence-electron chi connectivity index (χ0n) is 18.9. The van der Waals surface area contributed by atoms with Crippen LogP contribution in [0.3, 0.4) is 0 Å². The van der Waals surface area contributed by atoms with Gasteiger partial charge >= 0.3 is 0 Å². The molecule has 1 unspecified atom stereocenters. The van der Waals surface area contributed by atoms with E-state index < -0.39 is 33.9 Å². The normalized spacial score (nSPS) is 20.0. The van der Waals surface area contributed by atoms with E-state index in [1.807, 2.05) is 53.8 Å². The van der Waals surface area contributed by atoms with E-state index in [1.54, 1.807) is 36.0 Å². The first-order valence-electron chi connectivity index (χ1n) is 11.0. The first-order chi connectivity index (χ1) is 16.3. The number of amides is 2. The molecule has 0 aromatic heterocycles. The van der Waals surface area contributed by atoms with Gasteiger partial charge in [-0.05, 0) is 36.4 Å². The molecule has 0 saturated carbocycles. The molecule has 2 aromatic carbocycles. The molecule has 0 spiro atoms. The highest BCUT2D eigenvalue weighted by Gasteiger charge is 2.45. The van der Waals surface area contributed by atoms with Crippen LogP contribution < -0.4 is 5.73 Å². The molecule has 4 rings (SSSR count). The second-order valence-electron chi connectivity index (χ2n) is 8.44. The molecule has 2 atom stereocenters. The number of nitrogens with zero attached hydrogens (tertiary/aromatic N) is 3. The molecule has 0 radical (unpaired) electrons. The molecule has 180 valence electrons. The topological polar surface area (TPSA) is 104 Å². The number of piperazine rings is 1. The van der Waals surface area contributed by atoms with Crippen LogP contribution in [-0.4, -0.2) is 71.9 Å². The van der Waals surface area contributed by atoms with Gasteiger partial charge in [0.1, 0.15) is 12.1 Å². The Morgan fingerprint density at radius 2 is 1.82 bits per heavy atom. The Morgan fingerprint density at radius 3 is 2.44 bits per heavy atom. The van der Waals surface area contributed by atoms with Crippen LogP contribution in [0.25, 0.3) is 0 Å². The minimum Gasteiger partial charge on any atom is -0.368 e. The Balaban J connectivity index is 1.66. The van der Waals surface area contributed by atoms with Gasteiger partial charge in [0, 0.05) is 25.8 Å². The monoisotopic (exact) mass is 500 g/mol. The number of thioether (sulfide) groups is 1. The van der Waals surface area contributed by atoms with E-state index in [4.69, 9.17) is 5.73 Å². The molecular weight excluding hydrogens is 472 g/mol. The molecule has 10 heteroatoms. The minimum absolute atomic E-state index is 0.0772. The largest absolute Gasteiger partial charge is 0.368 e. The predicted molar refractivity (Wildman–Crippen MR) is 132 cm³/mol. The Labute approximate surface area is 204 Å². The van der Waals surface area contributed by atoms with E-state index in [0.717, 1.165) is 11.1 Å². The van der Waals surface area contributed by atoms with E-state index in [0.29, 0.717) is 5.88 Å². The summed E-state index contributed by atoms with van der Waals surface area (Å²) in [4.78, 5) is 29.6. The summed E-state index contributed by atoms with van der Waals surface area (Å²) in [5, 5.41) is 1.92. The molecule has 2 amide bonds. The first-order valence-corrected chi connectivity index (χ1v) is 13.5. The molecule has 1 saturated heterocycles. The average Bonchev–Trinajstić information content (AvgIpc) is 3.33. The molecule has 2 aliphatic rings. The average molecular weight is 501 g/mol. The summed E-state index contributed by atoms with van der Waals surface area (Å²) < 4.78 is 28.4. The fraction of sp³-hybridized carbons (Fsp3) is 0.333. The van der Waals surface area contributed by atoms with Crippen molar-refractivity contribution in [3.63, 3.8) is 0 Å². The van der Waals surface area contributed by atoms with Gasteiger partial charge in [-0.25, -0.2) is 8.42 Å². The van der Waals surface area contributed by atoms with Crippen LogP contribution in [0, 0.1) is 6.92 Å². The number of rotatable bonds is 8. The van der Waals surface area contributed by atoms with Gasteiger partial charge in [-0.15, -0.1) is 11.8 Å². The molecule has 2 aliphatic heterocycles. The zero-order valence-corrected chi connectivity index (χ0v) is 20.5. The Morgan fingerprint density at radius 1 is 1.12 bits per heavy atom. The maximum absolute atomic E-state index is 13.8. The van der Waals surface area contributed by atoms with Crippen molar-refractivity contribution >= 4 is 33.6 Å². The van der Waals surface area contributed by atoms with Gasteiger partial charge in [-0.3, -0.25) is 9.59 Å². The van der Waals surface area contributed by atoms with Crippen LogP contribution in [0.1, 0.15) is 11.1 Å². The van der Waals surface area contributed by atoms with Crippen molar-refractivity contribution in [2.45, 2.75) is 30.3 Å². The number of carbonyl (C=O) groups is 2. The van der Waals surface area contributed by atoms with Crippen LogP contribution in [0.2, 0.25) is 0 Å². The summed E-state index contributed by atoms with van der Waals surface area (Å²) in [6.45, 7) is 2.32. The maximum atomic E-state index is 13.8. The lowest BCUT2D eigenvalue weighted by Crippen LogP contribution is -2.64. The van der Waals surface area contributed by atoms with Crippen molar-refractivity contribution in [3.8, 4) is 0 Å². The second kappa shape index (κ2) is 10.2. The van der Waals surface area contributed by atoms with Crippen LogP contribution in [0.4, 0.5) is 0 Å². The summed E-state index contributed by atoms with van der Waals surface area (Å²) in [5.74, 6) is -0.343. The summed E-state index contributed by atoms with van der Waals surface area (Å²) in [6, 6.07) is 14.1. The second-order valence-corrected chi connectivity index (χ2v) is 11.2. The van der Waals surface area contributed by atoms with Gasteiger partial charge in [0.2, 0.25) is 21.8 Å². The number of sulfonamides is 1. The fourth-order valence-electron chi connectivity index (χ4n) is 4.24. The van der Waals surface area contributed by atoms with Gasteiger partial charge in [0.15, 0.2) is 0 Å². The van der Waals surface area contributed by atoms with Crippen molar-refractivity contribution in [2.24, 2.45) is 5.73 Å². The Kier molecular flexibility index (Phi) is 7.30. The highest BCUT2D eigenvalue weighted by molar-refractivity contribution is 8.02. The number of nitrogens with two attached hydrogens (primary N) is 1. The molecule has 1 fully saturated rings. The van der Waals surface area contributed by atoms with Gasteiger partial charge in [0.25, 0.3) is 0 Å². The van der Waals surface area contributed by atoms with Crippen molar-refractivity contribution in [1.82, 2.24) is 14.1 Å². The van der Waals surface area contributed by atoms with Crippen molar-refractivity contribution in [3.05, 3.63) is 77.3 Å². The SMILES string of the molecule is Cc1ccc(S(=O)(=O)N2CCN(C(CN3C=CSC3)C(N)=O)C(=O)[C@H]2Cc2ccccc2)cc1. The van der Waals surface area contributed by atoms with E-state index in [9.17, 15) is 18.0 Å². The quantitative estimate of drug-likeness (QED) is 0.593. The fourth-order valence-corrected chi connectivity index (χ4v) is 6.54. The van der Waals surface area contributed by atoms with E-state index in [-0.39, 0.29) is 31.0 Å². The predicted octanol–water partition coefficient (Wildman–Crippen LogP) is 1.77. The van der Waals surface area contributed by atoms with E-state index in [2.05, 4.69) is 0 Å². The van der Waals surface area contributed by atoms with Crippen LogP contribution in [0.5, 0.6) is 0 Å². The Hall–Kier alpha value is -2.82. The standard InChI is InChI=1S/C24H28N4O4S2/c1-18-7-9-20(10-8-18)34(31,32)28-12-11-27(22(23(25)29)16-26-13-14-33-17-26)24(30)21(28)15-19-5-3-2-4-6-19/h2-10,13-14,21-22H,11-12,15-17H2,1H3,(H2,25,29)/t21-,22?/m1/s1. The molecule has 8 nitrogen and oxygen atoms in total. The summed E-state index contributed by atoms with van der Waals surface area (Å²) in [7, 11) is -3.93. The van der Waals surface area contributed by atoms with Gasteiger partial charge < -0.3 is 15.5 Å². The zero-order chi connectivity index (χ0) is 24.3. The number of aryl methyl sites for hydroxylation is 1. The van der Waals surface area contributed by atoms with Gasteiger partial charge in [0.05, 0.1) is 10.8 Å². The molecule has 0 bridgehead atoms. The molecule has 2 N–H and O–H groups in total. The lowest BCUT2D eigenvalue weighted by molar-refractivity contribution is -0.146. The number of hydrogen-bond donors (Lipinski definition) is 1. The lowest BCUT2D eigenvalue weighted by atomic mass is 10.0. The number of primary amides is 1. The third-order valence-electron chi connectivity index (χ3n) is 6.10. The number of benzene rings is 2. The van der Waals surface area contributed by atoms with Crippen molar-refractivity contribution in [2.75, 3.05) is 25.5 Å². The summed E-state index contributed by atoms with van der Waals surface area (Å²) in [6.07, 6.45) is 2.07. The van der Waals surface area contributed by atoms with E-state index in [1.165, 1.54) is 9.21 Å².